The SMILES string of the molecule is CN=C(NCCNC(=O)c1cccc(C)c1)N1CCC(CSc2ccccc2)C1. The number of guanidine groups is 1. The molecular formula is C23H30N4OS. The topological polar surface area (TPSA) is 56.7 Å². The Labute approximate surface area is 178 Å². The summed E-state index contributed by atoms with van der Waals surface area (Å²) in [5, 5.41) is 6.34. The number of carbonyl (C=O) groups is 1. The molecule has 1 amide bonds. The summed E-state index contributed by atoms with van der Waals surface area (Å²) in [6, 6.07) is 18.2. The summed E-state index contributed by atoms with van der Waals surface area (Å²) in [6.07, 6.45) is 1.19. The van der Waals surface area contributed by atoms with E-state index in [9.17, 15) is 4.79 Å². The van der Waals surface area contributed by atoms with Crippen LogP contribution >= 0.6 is 11.8 Å². The van der Waals surface area contributed by atoms with Crippen LogP contribution in [0.25, 0.3) is 0 Å². The first-order chi connectivity index (χ1) is 14.2. The van der Waals surface area contributed by atoms with Gasteiger partial charge < -0.3 is 15.5 Å². The minimum Gasteiger partial charge on any atom is -0.354 e. The third-order valence-corrected chi connectivity index (χ3v) is 6.24. The van der Waals surface area contributed by atoms with Crippen LogP contribution in [0.5, 0.6) is 0 Å². The third-order valence-electron chi connectivity index (χ3n) is 5.00. The molecule has 2 aromatic carbocycles. The maximum Gasteiger partial charge on any atom is 0.251 e. The van der Waals surface area contributed by atoms with Crippen molar-refractivity contribution < 1.29 is 4.79 Å². The van der Waals surface area contributed by atoms with E-state index in [2.05, 4.69) is 50.9 Å². The highest BCUT2D eigenvalue weighted by Crippen LogP contribution is 2.25. The molecule has 29 heavy (non-hydrogen) atoms. The molecule has 1 unspecified atom stereocenters. The molecule has 2 aromatic rings. The molecule has 0 radical (unpaired) electrons. The molecule has 1 aliphatic heterocycles. The van der Waals surface area contributed by atoms with Crippen molar-refractivity contribution in [2.24, 2.45) is 10.9 Å². The number of carbonyl (C=O) groups excluding carboxylic acids is 1. The standard InChI is InChI=1S/C23H30N4OS/c1-18-7-6-8-20(15-18)22(28)25-12-13-26-23(24-2)27-14-11-19(16-27)17-29-21-9-4-3-5-10-21/h3-10,15,19H,11-14,16-17H2,1-2H3,(H,24,26)(H,25,28). The fourth-order valence-corrected chi connectivity index (χ4v) is 4.51. The van der Waals surface area contributed by atoms with Crippen LogP contribution in [0.3, 0.4) is 0 Å². The van der Waals surface area contributed by atoms with Crippen molar-refractivity contribution >= 4 is 23.6 Å². The molecule has 1 heterocycles. The van der Waals surface area contributed by atoms with Gasteiger partial charge in [0.15, 0.2) is 5.96 Å². The van der Waals surface area contributed by atoms with Crippen LogP contribution in [0.4, 0.5) is 0 Å². The van der Waals surface area contributed by atoms with E-state index in [1.807, 2.05) is 50.0 Å². The maximum absolute atomic E-state index is 12.2. The number of rotatable bonds is 7. The van der Waals surface area contributed by atoms with Gasteiger partial charge in [0.25, 0.3) is 5.91 Å². The monoisotopic (exact) mass is 410 g/mol. The van der Waals surface area contributed by atoms with Gasteiger partial charge in [-0.05, 0) is 43.5 Å². The molecule has 0 aromatic heterocycles. The smallest absolute Gasteiger partial charge is 0.251 e. The first-order valence-corrected chi connectivity index (χ1v) is 11.1. The average Bonchev–Trinajstić information content (AvgIpc) is 3.21. The van der Waals surface area contributed by atoms with Gasteiger partial charge in [-0.3, -0.25) is 9.79 Å². The number of aryl methyl sites for hydroxylation is 1. The van der Waals surface area contributed by atoms with Gasteiger partial charge in [0, 0.05) is 49.4 Å². The second kappa shape index (κ2) is 10.9. The van der Waals surface area contributed by atoms with Crippen LogP contribution in [-0.4, -0.2) is 55.7 Å². The summed E-state index contributed by atoms with van der Waals surface area (Å²) in [6.45, 7) is 5.26. The predicted octanol–water partition coefficient (Wildman–Crippen LogP) is 3.41. The van der Waals surface area contributed by atoms with Crippen molar-refractivity contribution in [1.29, 1.82) is 0 Å². The highest BCUT2D eigenvalue weighted by atomic mass is 32.2. The van der Waals surface area contributed by atoms with Crippen LogP contribution < -0.4 is 10.6 Å². The van der Waals surface area contributed by atoms with Gasteiger partial charge in [0.2, 0.25) is 0 Å². The summed E-state index contributed by atoms with van der Waals surface area (Å²) < 4.78 is 0. The van der Waals surface area contributed by atoms with Crippen LogP contribution in [0.2, 0.25) is 0 Å². The van der Waals surface area contributed by atoms with Crippen LogP contribution in [0.1, 0.15) is 22.3 Å². The molecular weight excluding hydrogens is 380 g/mol. The fraction of sp³-hybridized carbons (Fsp3) is 0.391. The van der Waals surface area contributed by atoms with Gasteiger partial charge in [-0.2, -0.15) is 0 Å². The van der Waals surface area contributed by atoms with E-state index in [1.54, 1.807) is 0 Å². The normalized spacial score (nSPS) is 16.7. The zero-order valence-electron chi connectivity index (χ0n) is 17.2. The fourth-order valence-electron chi connectivity index (χ4n) is 3.46. The molecule has 154 valence electrons. The molecule has 0 aliphatic carbocycles. The average molecular weight is 411 g/mol. The lowest BCUT2D eigenvalue weighted by molar-refractivity contribution is 0.0954. The van der Waals surface area contributed by atoms with E-state index >= 15 is 0 Å². The number of hydrogen-bond acceptors (Lipinski definition) is 3. The first-order valence-electron chi connectivity index (χ1n) is 10.1. The van der Waals surface area contributed by atoms with Crippen LogP contribution in [-0.2, 0) is 0 Å². The van der Waals surface area contributed by atoms with E-state index in [4.69, 9.17) is 0 Å². The Morgan fingerprint density at radius 3 is 2.69 bits per heavy atom. The lowest BCUT2D eigenvalue weighted by Gasteiger charge is -2.21. The molecule has 5 nitrogen and oxygen atoms in total. The molecule has 6 heteroatoms. The Bertz CT molecular complexity index is 825. The zero-order valence-corrected chi connectivity index (χ0v) is 18.0. The Hall–Kier alpha value is -2.47. The Kier molecular flexibility index (Phi) is 7.99. The third kappa shape index (κ3) is 6.53. The minimum atomic E-state index is -0.0374. The number of thioether (sulfide) groups is 1. The molecule has 0 saturated carbocycles. The van der Waals surface area contributed by atoms with Crippen molar-refractivity contribution in [3.05, 3.63) is 65.7 Å². The lowest BCUT2D eigenvalue weighted by Crippen LogP contribution is -2.43. The number of hydrogen-bond donors (Lipinski definition) is 2. The van der Waals surface area contributed by atoms with Crippen molar-refractivity contribution in [3.8, 4) is 0 Å². The molecule has 1 atom stereocenters. The summed E-state index contributed by atoms with van der Waals surface area (Å²) >= 11 is 1.93. The largest absolute Gasteiger partial charge is 0.354 e. The maximum atomic E-state index is 12.2. The van der Waals surface area contributed by atoms with E-state index in [-0.39, 0.29) is 5.91 Å². The number of likely N-dealkylation sites (tertiary alicyclic amines) is 1. The number of nitrogens with zero attached hydrogens (tertiary/aromatic N) is 2. The molecule has 3 rings (SSSR count). The van der Waals surface area contributed by atoms with E-state index in [0.717, 1.165) is 30.4 Å². The Morgan fingerprint density at radius 1 is 1.14 bits per heavy atom. The Morgan fingerprint density at radius 2 is 1.93 bits per heavy atom. The predicted molar refractivity (Wildman–Crippen MR) is 122 cm³/mol. The summed E-state index contributed by atoms with van der Waals surface area (Å²) in [7, 11) is 1.82. The first kappa shape index (κ1) is 21.2. The van der Waals surface area contributed by atoms with Gasteiger partial charge in [0.05, 0.1) is 0 Å². The van der Waals surface area contributed by atoms with E-state index in [0.29, 0.717) is 24.6 Å². The molecule has 0 bridgehead atoms. The van der Waals surface area contributed by atoms with Gasteiger partial charge in [-0.1, -0.05) is 35.9 Å². The van der Waals surface area contributed by atoms with Crippen molar-refractivity contribution in [1.82, 2.24) is 15.5 Å². The lowest BCUT2D eigenvalue weighted by atomic mass is 10.1. The number of amides is 1. The van der Waals surface area contributed by atoms with Crippen LogP contribution in [0.15, 0.2) is 64.5 Å². The second-order valence-corrected chi connectivity index (χ2v) is 8.42. The molecule has 1 fully saturated rings. The van der Waals surface area contributed by atoms with Gasteiger partial charge in [-0.15, -0.1) is 11.8 Å². The minimum absolute atomic E-state index is 0.0374. The summed E-state index contributed by atoms with van der Waals surface area (Å²) in [5.41, 5.74) is 1.79. The number of benzene rings is 2. The quantitative estimate of drug-likeness (QED) is 0.318. The van der Waals surface area contributed by atoms with Gasteiger partial charge >= 0.3 is 0 Å². The molecule has 1 saturated heterocycles. The van der Waals surface area contributed by atoms with Gasteiger partial charge in [-0.25, -0.2) is 0 Å². The van der Waals surface area contributed by atoms with E-state index < -0.39 is 0 Å². The summed E-state index contributed by atoms with van der Waals surface area (Å²) in [4.78, 5) is 20.3. The second-order valence-electron chi connectivity index (χ2n) is 7.32. The Balaban J connectivity index is 1.37. The van der Waals surface area contributed by atoms with Crippen molar-refractivity contribution in [3.63, 3.8) is 0 Å². The summed E-state index contributed by atoms with van der Waals surface area (Å²) in [5.74, 6) is 2.68. The zero-order chi connectivity index (χ0) is 20.5. The molecule has 2 N–H and O–H groups in total. The van der Waals surface area contributed by atoms with Gasteiger partial charge in [0.1, 0.15) is 0 Å². The molecule has 0 spiro atoms. The number of nitrogens with one attached hydrogen (secondary N) is 2. The molecule has 1 aliphatic rings. The van der Waals surface area contributed by atoms with Crippen LogP contribution in [0, 0.1) is 12.8 Å². The highest BCUT2D eigenvalue weighted by molar-refractivity contribution is 7.99. The van der Waals surface area contributed by atoms with E-state index in [1.165, 1.54) is 11.3 Å². The number of aliphatic imine (C=N–C) groups is 1. The van der Waals surface area contributed by atoms with Crippen molar-refractivity contribution in [2.45, 2.75) is 18.2 Å². The van der Waals surface area contributed by atoms with Crippen molar-refractivity contribution in [2.75, 3.05) is 39.0 Å². The highest BCUT2D eigenvalue weighted by Gasteiger charge is 2.24.